The first-order valence-corrected chi connectivity index (χ1v) is 6.49. The van der Waals surface area contributed by atoms with E-state index >= 15 is 0 Å². The molecule has 4 amide bonds. The molecule has 9 nitrogen and oxygen atoms in total. The van der Waals surface area contributed by atoms with Crippen molar-refractivity contribution in [3.63, 3.8) is 0 Å². The summed E-state index contributed by atoms with van der Waals surface area (Å²) in [5, 5.41) is 32.1. The highest BCUT2D eigenvalue weighted by Crippen LogP contribution is 2.16. The third kappa shape index (κ3) is 3.69. The van der Waals surface area contributed by atoms with E-state index in [0.29, 0.717) is 0 Å². The van der Waals surface area contributed by atoms with Crippen LogP contribution in [0.25, 0.3) is 0 Å². The largest absolute Gasteiger partial charge is 0.394 e. The van der Waals surface area contributed by atoms with Gasteiger partial charge in [-0.25, -0.2) is 4.79 Å². The normalized spacial score (nSPS) is 17.9. The Morgan fingerprint density at radius 2 is 1.76 bits per heavy atom. The number of hydrogen-bond acceptors (Lipinski definition) is 6. The summed E-state index contributed by atoms with van der Waals surface area (Å²) < 4.78 is 0. The van der Waals surface area contributed by atoms with E-state index in [1.807, 2.05) is 0 Å². The van der Waals surface area contributed by atoms with Crippen LogP contribution in [0.1, 0.15) is 20.3 Å². The van der Waals surface area contributed by atoms with Crippen molar-refractivity contribution < 1.29 is 29.7 Å². The number of imide groups is 1. The van der Waals surface area contributed by atoms with Crippen molar-refractivity contribution in [2.75, 3.05) is 26.4 Å². The van der Waals surface area contributed by atoms with Gasteiger partial charge in [-0.3, -0.25) is 14.5 Å². The molecule has 1 rings (SSSR count). The molecule has 21 heavy (non-hydrogen) atoms. The number of nitrogens with one attached hydrogen (secondary N) is 2. The van der Waals surface area contributed by atoms with E-state index in [2.05, 4.69) is 10.6 Å². The van der Waals surface area contributed by atoms with Gasteiger partial charge >= 0.3 is 6.03 Å². The molecule has 1 fully saturated rings. The molecule has 1 heterocycles. The molecule has 1 saturated heterocycles. The molecule has 0 aliphatic carbocycles. The zero-order valence-corrected chi connectivity index (χ0v) is 12.0. The van der Waals surface area contributed by atoms with Gasteiger partial charge in [0.15, 0.2) is 0 Å². The average molecular weight is 303 g/mol. The van der Waals surface area contributed by atoms with Gasteiger partial charge in [0.1, 0.15) is 11.1 Å². The van der Waals surface area contributed by atoms with Crippen molar-refractivity contribution in [2.24, 2.45) is 0 Å². The molecular formula is C12H21N3O6. The van der Waals surface area contributed by atoms with Crippen molar-refractivity contribution in [3.05, 3.63) is 0 Å². The van der Waals surface area contributed by atoms with Crippen LogP contribution >= 0.6 is 0 Å². The monoisotopic (exact) mass is 303 g/mol. The number of amides is 4. The molecule has 9 heteroatoms. The second-order valence-corrected chi connectivity index (χ2v) is 5.56. The molecule has 0 atom stereocenters. The van der Waals surface area contributed by atoms with Crippen molar-refractivity contribution in [2.45, 2.75) is 31.3 Å². The van der Waals surface area contributed by atoms with Gasteiger partial charge in [-0.1, -0.05) is 0 Å². The molecule has 0 bridgehead atoms. The standard InChI is InChI=1S/C12H21N3O6/c1-11(2)9(20)15(10(21)14-11)4-3-8(19)13-12(5-16,6-17)7-18/h16-18H,3-7H2,1-2H3,(H,13,19)(H,14,21). The molecule has 0 aromatic carbocycles. The van der Waals surface area contributed by atoms with Crippen molar-refractivity contribution in [1.82, 2.24) is 15.5 Å². The quantitative estimate of drug-likeness (QED) is 0.331. The van der Waals surface area contributed by atoms with Crippen molar-refractivity contribution >= 4 is 17.8 Å². The summed E-state index contributed by atoms with van der Waals surface area (Å²) >= 11 is 0. The Morgan fingerprint density at radius 3 is 2.14 bits per heavy atom. The SMILES string of the molecule is CC1(C)NC(=O)N(CCC(=O)NC(CO)(CO)CO)C1=O. The lowest BCUT2D eigenvalue weighted by atomic mass is 10.0. The molecule has 1 aliphatic rings. The van der Waals surface area contributed by atoms with E-state index in [1.165, 1.54) is 0 Å². The number of hydrogen-bond donors (Lipinski definition) is 5. The van der Waals surface area contributed by atoms with Crippen LogP contribution < -0.4 is 10.6 Å². The minimum atomic E-state index is -1.52. The van der Waals surface area contributed by atoms with E-state index in [-0.39, 0.29) is 13.0 Å². The Hall–Kier alpha value is -1.71. The number of carbonyl (C=O) groups is 3. The van der Waals surface area contributed by atoms with Gasteiger partial charge in [-0.15, -0.1) is 0 Å². The maximum absolute atomic E-state index is 11.9. The summed E-state index contributed by atoms with van der Waals surface area (Å²) in [4.78, 5) is 36.2. The second kappa shape index (κ2) is 6.37. The van der Waals surface area contributed by atoms with Gasteiger partial charge in [-0.05, 0) is 13.8 Å². The first-order chi connectivity index (χ1) is 9.71. The van der Waals surface area contributed by atoms with Crippen LogP contribution in [-0.2, 0) is 9.59 Å². The Bertz CT molecular complexity index is 424. The minimum Gasteiger partial charge on any atom is -0.394 e. The van der Waals surface area contributed by atoms with E-state index in [1.54, 1.807) is 13.8 Å². The highest BCUT2D eigenvalue weighted by molar-refractivity contribution is 6.06. The van der Waals surface area contributed by atoms with Crippen LogP contribution in [0.4, 0.5) is 4.79 Å². The fourth-order valence-corrected chi connectivity index (χ4v) is 1.86. The summed E-state index contributed by atoms with van der Waals surface area (Å²) in [6.07, 6.45) is -0.197. The molecule has 0 radical (unpaired) electrons. The minimum absolute atomic E-state index is 0.127. The predicted octanol–water partition coefficient (Wildman–Crippen LogP) is -2.46. The predicted molar refractivity (Wildman–Crippen MR) is 71.1 cm³/mol. The van der Waals surface area contributed by atoms with E-state index < -0.39 is 48.7 Å². The fourth-order valence-electron chi connectivity index (χ4n) is 1.86. The molecule has 5 N–H and O–H groups in total. The van der Waals surface area contributed by atoms with E-state index in [9.17, 15) is 14.4 Å². The summed E-state index contributed by atoms with van der Waals surface area (Å²) in [6, 6.07) is -0.574. The van der Waals surface area contributed by atoms with Crippen molar-refractivity contribution in [1.29, 1.82) is 0 Å². The fraction of sp³-hybridized carbons (Fsp3) is 0.750. The first-order valence-electron chi connectivity index (χ1n) is 6.49. The van der Waals surface area contributed by atoms with Crippen molar-refractivity contribution in [3.8, 4) is 0 Å². The Kier molecular flexibility index (Phi) is 5.26. The van der Waals surface area contributed by atoms with E-state index in [4.69, 9.17) is 15.3 Å². The second-order valence-electron chi connectivity index (χ2n) is 5.56. The number of aliphatic hydroxyl groups is 3. The zero-order valence-electron chi connectivity index (χ0n) is 12.0. The Morgan fingerprint density at radius 1 is 1.24 bits per heavy atom. The van der Waals surface area contributed by atoms with Crippen LogP contribution in [0.5, 0.6) is 0 Å². The molecule has 0 aromatic rings. The van der Waals surface area contributed by atoms with Gasteiger partial charge in [-0.2, -0.15) is 0 Å². The summed E-state index contributed by atoms with van der Waals surface area (Å²) in [7, 11) is 0. The third-order valence-corrected chi connectivity index (χ3v) is 3.32. The number of aliphatic hydroxyl groups excluding tert-OH is 3. The lowest BCUT2D eigenvalue weighted by Gasteiger charge is -2.28. The molecule has 0 spiro atoms. The Balaban J connectivity index is 2.58. The lowest BCUT2D eigenvalue weighted by Crippen LogP contribution is -2.57. The number of rotatable bonds is 7. The van der Waals surface area contributed by atoms with Gasteiger partial charge < -0.3 is 26.0 Å². The van der Waals surface area contributed by atoms with Gasteiger partial charge in [0.25, 0.3) is 5.91 Å². The van der Waals surface area contributed by atoms with Gasteiger partial charge in [0, 0.05) is 13.0 Å². The maximum atomic E-state index is 11.9. The topological polar surface area (TPSA) is 139 Å². The maximum Gasteiger partial charge on any atom is 0.325 e. The van der Waals surface area contributed by atoms with E-state index in [0.717, 1.165) is 4.90 Å². The third-order valence-electron chi connectivity index (χ3n) is 3.32. The molecular weight excluding hydrogens is 282 g/mol. The Labute approximate surface area is 121 Å². The average Bonchev–Trinajstić information content (AvgIpc) is 2.63. The highest BCUT2D eigenvalue weighted by Gasteiger charge is 2.44. The number of nitrogens with zero attached hydrogens (tertiary/aromatic N) is 1. The molecule has 0 aromatic heterocycles. The summed E-state index contributed by atoms with van der Waals surface area (Å²) in [5.41, 5.74) is -2.52. The number of urea groups is 1. The van der Waals surface area contributed by atoms with Crippen LogP contribution in [-0.4, -0.2) is 75.5 Å². The van der Waals surface area contributed by atoms with Crippen LogP contribution in [0.3, 0.4) is 0 Å². The summed E-state index contributed by atoms with van der Waals surface area (Å²) in [6.45, 7) is 1.08. The molecule has 0 unspecified atom stereocenters. The van der Waals surface area contributed by atoms with Gasteiger partial charge in [0.2, 0.25) is 5.91 Å². The molecule has 120 valence electrons. The first kappa shape index (κ1) is 17.3. The smallest absolute Gasteiger partial charge is 0.325 e. The van der Waals surface area contributed by atoms with Crippen LogP contribution in [0, 0.1) is 0 Å². The van der Waals surface area contributed by atoms with Gasteiger partial charge in [0.05, 0.1) is 19.8 Å². The highest BCUT2D eigenvalue weighted by atomic mass is 16.3. The zero-order chi connectivity index (χ0) is 16.3. The summed E-state index contributed by atoms with van der Waals surface area (Å²) in [5.74, 6) is -1.03. The van der Waals surface area contributed by atoms with Crippen LogP contribution in [0.2, 0.25) is 0 Å². The molecule has 1 aliphatic heterocycles. The molecule has 0 saturated carbocycles. The lowest BCUT2D eigenvalue weighted by molar-refractivity contribution is -0.131. The number of carbonyl (C=O) groups excluding carboxylic acids is 3. The van der Waals surface area contributed by atoms with Crippen LogP contribution in [0.15, 0.2) is 0 Å².